The lowest BCUT2D eigenvalue weighted by molar-refractivity contribution is 0.182. The van der Waals surface area contributed by atoms with Gasteiger partial charge in [-0.2, -0.15) is 0 Å². The van der Waals surface area contributed by atoms with Crippen LogP contribution in [-0.4, -0.2) is 18.3 Å². The second kappa shape index (κ2) is 3.58. The van der Waals surface area contributed by atoms with Crippen molar-refractivity contribution in [1.82, 2.24) is 4.98 Å². The summed E-state index contributed by atoms with van der Waals surface area (Å²) in [6.07, 6.45) is 5.82. The molecule has 0 saturated heterocycles. The maximum atomic E-state index is 5.25. The standard InChI is InChI=1S/C10H12N2O/c1-8-5-10-9(11-6-8)3-2-4-13-7-12-10/h2-3,5-6,12H,4,7H2,1H3. The third-order valence-electron chi connectivity index (χ3n) is 1.91. The molecule has 0 fully saturated rings. The lowest BCUT2D eigenvalue weighted by Gasteiger charge is -2.12. The summed E-state index contributed by atoms with van der Waals surface area (Å²) < 4.78 is 5.25. The lowest BCUT2D eigenvalue weighted by Crippen LogP contribution is -2.09. The summed E-state index contributed by atoms with van der Waals surface area (Å²) in [5.41, 5.74) is 3.17. The van der Waals surface area contributed by atoms with Gasteiger partial charge in [-0.15, -0.1) is 0 Å². The Morgan fingerprint density at radius 1 is 1.54 bits per heavy atom. The van der Waals surface area contributed by atoms with Crippen molar-refractivity contribution in [2.45, 2.75) is 6.92 Å². The number of nitrogens with one attached hydrogen (secondary N) is 1. The van der Waals surface area contributed by atoms with Gasteiger partial charge in [0.05, 0.1) is 18.0 Å². The van der Waals surface area contributed by atoms with E-state index in [9.17, 15) is 0 Å². The lowest BCUT2D eigenvalue weighted by atomic mass is 10.2. The summed E-state index contributed by atoms with van der Waals surface area (Å²) in [6.45, 7) is 3.21. The normalized spacial score (nSPS) is 15.5. The Bertz CT molecular complexity index is 334. The highest BCUT2D eigenvalue weighted by molar-refractivity contribution is 5.63. The van der Waals surface area contributed by atoms with Crippen LogP contribution in [0.2, 0.25) is 0 Å². The molecule has 0 amide bonds. The molecule has 1 aliphatic rings. The van der Waals surface area contributed by atoms with E-state index in [1.54, 1.807) is 0 Å². The van der Waals surface area contributed by atoms with E-state index < -0.39 is 0 Å². The number of fused-ring (bicyclic) bond motifs is 1. The van der Waals surface area contributed by atoms with Crippen molar-refractivity contribution in [1.29, 1.82) is 0 Å². The molecule has 1 aliphatic heterocycles. The first-order valence-corrected chi connectivity index (χ1v) is 4.31. The predicted octanol–water partition coefficient (Wildman–Crippen LogP) is 1.80. The Hall–Kier alpha value is -1.35. The number of hydrogen-bond acceptors (Lipinski definition) is 3. The van der Waals surface area contributed by atoms with Gasteiger partial charge >= 0.3 is 0 Å². The minimum atomic E-state index is 0.544. The molecule has 0 aliphatic carbocycles. The van der Waals surface area contributed by atoms with Crippen molar-refractivity contribution in [3.05, 3.63) is 29.6 Å². The van der Waals surface area contributed by atoms with Gasteiger partial charge in [-0.1, -0.05) is 6.08 Å². The first-order valence-electron chi connectivity index (χ1n) is 4.31. The highest BCUT2D eigenvalue weighted by atomic mass is 16.5. The van der Waals surface area contributed by atoms with Crippen molar-refractivity contribution >= 4 is 11.8 Å². The van der Waals surface area contributed by atoms with E-state index in [1.807, 2.05) is 25.3 Å². The van der Waals surface area contributed by atoms with E-state index in [1.165, 1.54) is 0 Å². The number of hydrogen-bond donors (Lipinski definition) is 1. The maximum Gasteiger partial charge on any atom is 0.116 e. The summed E-state index contributed by atoms with van der Waals surface area (Å²) in [7, 11) is 0. The second-order valence-corrected chi connectivity index (χ2v) is 3.04. The molecule has 0 atom stereocenters. The number of rotatable bonds is 0. The van der Waals surface area contributed by atoms with Gasteiger partial charge in [-0.3, -0.25) is 4.98 Å². The number of ether oxygens (including phenoxy) is 1. The second-order valence-electron chi connectivity index (χ2n) is 3.04. The van der Waals surface area contributed by atoms with Crippen LogP contribution in [0.3, 0.4) is 0 Å². The average Bonchev–Trinajstić information content (AvgIpc) is 2.08. The third-order valence-corrected chi connectivity index (χ3v) is 1.91. The fourth-order valence-corrected chi connectivity index (χ4v) is 1.27. The predicted molar refractivity (Wildman–Crippen MR) is 52.4 cm³/mol. The van der Waals surface area contributed by atoms with Crippen LogP contribution < -0.4 is 5.32 Å². The van der Waals surface area contributed by atoms with Crippen LogP contribution >= 0.6 is 0 Å². The minimum Gasteiger partial charge on any atom is -0.361 e. The maximum absolute atomic E-state index is 5.25. The first kappa shape index (κ1) is 8.26. The van der Waals surface area contributed by atoms with Crippen LogP contribution in [0.15, 0.2) is 18.3 Å². The van der Waals surface area contributed by atoms with Crippen LogP contribution in [0.4, 0.5) is 5.69 Å². The zero-order chi connectivity index (χ0) is 9.10. The number of aromatic nitrogens is 1. The largest absolute Gasteiger partial charge is 0.361 e. The summed E-state index contributed by atoms with van der Waals surface area (Å²) in [5.74, 6) is 0. The van der Waals surface area contributed by atoms with Crippen LogP contribution in [0.5, 0.6) is 0 Å². The number of anilines is 1. The number of aryl methyl sites for hydroxylation is 1. The Morgan fingerprint density at radius 3 is 3.38 bits per heavy atom. The van der Waals surface area contributed by atoms with Crippen LogP contribution in [0, 0.1) is 6.92 Å². The number of pyridine rings is 1. The Balaban J connectivity index is 2.40. The van der Waals surface area contributed by atoms with E-state index in [0.29, 0.717) is 13.3 Å². The zero-order valence-electron chi connectivity index (χ0n) is 7.58. The summed E-state index contributed by atoms with van der Waals surface area (Å²) >= 11 is 0. The van der Waals surface area contributed by atoms with E-state index >= 15 is 0 Å². The summed E-state index contributed by atoms with van der Waals surface area (Å²) in [5, 5.41) is 3.17. The molecule has 0 saturated carbocycles. The Kier molecular flexibility index (Phi) is 2.27. The summed E-state index contributed by atoms with van der Waals surface area (Å²) in [4.78, 5) is 4.32. The van der Waals surface area contributed by atoms with Crippen LogP contribution in [0.25, 0.3) is 6.08 Å². The van der Waals surface area contributed by atoms with Crippen LogP contribution in [-0.2, 0) is 4.74 Å². The molecule has 3 heteroatoms. The van der Waals surface area contributed by atoms with E-state index in [4.69, 9.17) is 4.74 Å². The molecule has 13 heavy (non-hydrogen) atoms. The van der Waals surface area contributed by atoms with E-state index in [-0.39, 0.29) is 0 Å². The molecule has 0 spiro atoms. The molecule has 3 nitrogen and oxygen atoms in total. The van der Waals surface area contributed by atoms with Crippen molar-refractivity contribution in [2.75, 3.05) is 18.7 Å². The third kappa shape index (κ3) is 1.87. The molecule has 68 valence electrons. The molecule has 0 aromatic carbocycles. The highest BCUT2D eigenvalue weighted by Crippen LogP contribution is 2.17. The monoisotopic (exact) mass is 176 g/mol. The zero-order valence-corrected chi connectivity index (χ0v) is 7.58. The molecule has 1 N–H and O–H groups in total. The number of nitrogens with zero attached hydrogens (tertiary/aromatic N) is 1. The Labute approximate surface area is 77.4 Å². The average molecular weight is 176 g/mol. The highest BCUT2D eigenvalue weighted by Gasteiger charge is 2.02. The van der Waals surface area contributed by atoms with Gasteiger partial charge in [-0.25, -0.2) is 0 Å². The van der Waals surface area contributed by atoms with Crippen molar-refractivity contribution < 1.29 is 4.74 Å². The van der Waals surface area contributed by atoms with Crippen molar-refractivity contribution in [3.8, 4) is 0 Å². The Morgan fingerprint density at radius 2 is 2.46 bits per heavy atom. The molecule has 0 unspecified atom stereocenters. The fourth-order valence-electron chi connectivity index (χ4n) is 1.27. The van der Waals surface area contributed by atoms with Crippen molar-refractivity contribution in [2.24, 2.45) is 0 Å². The molecule has 2 rings (SSSR count). The molecular formula is C10H12N2O. The van der Waals surface area contributed by atoms with E-state index in [0.717, 1.165) is 16.9 Å². The summed E-state index contributed by atoms with van der Waals surface area (Å²) in [6, 6.07) is 2.07. The molecule has 1 aromatic heterocycles. The van der Waals surface area contributed by atoms with Gasteiger partial charge in [0.2, 0.25) is 0 Å². The SMILES string of the molecule is Cc1cnc2c(c1)NCOCC=C2. The first-order chi connectivity index (χ1) is 6.36. The van der Waals surface area contributed by atoms with Crippen LogP contribution in [0.1, 0.15) is 11.3 Å². The van der Waals surface area contributed by atoms with Gasteiger partial charge < -0.3 is 10.1 Å². The van der Waals surface area contributed by atoms with Gasteiger partial charge in [0, 0.05) is 6.20 Å². The molecule has 0 radical (unpaired) electrons. The smallest absolute Gasteiger partial charge is 0.116 e. The van der Waals surface area contributed by atoms with E-state index in [2.05, 4.69) is 16.4 Å². The van der Waals surface area contributed by atoms with Gasteiger partial charge in [0.25, 0.3) is 0 Å². The topological polar surface area (TPSA) is 34.2 Å². The molecule has 0 bridgehead atoms. The minimum absolute atomic E-state index is 0.544. The fraction of sp³-hybridized carbons (Fsp3) is 0.300. The molecular weight excluding hydrogens is 164 g/mol. The van der Waals surface area contributed by atoms with Gasteiger partial charge in [-0.05, 0) is 24.6 Å². The van der Waals surface area contributed by atoms with Gasteiger partial charge in [0.1, 0.15) is 6.73 Å². The quantitative estimate of drug-likeness (QED) is 0.654. The van der Waals surface area contributed by atoms with Crippen molar-refractivity contribution in [3.63, 3.8) is 0 Å². The molecule has 1 aromatic rings. The van der Waals surface area contributed by atoms with Gasteiger partial charge in [0.15, 0.2) is 0 Å². The molecule has 2 heterocycles.